The van der Waals surface area contributed by atoms with Crippen LogP contribution in [0.2, 0.25) is 0 Å². The van der Waals surface area contributed by atoms with Crippen molar-refractivity contribution < 1.29 is 8.95 Å². The van der Waals surface area contributed by atoms with Crippen LogP contribution in [0.4, 0.5) is 0 Å². The third-order valence-electron chi connectivity index (χ3n) is 5.52. The molecule has 2 aromatic carbocycles. The number of rotatable bonds is 7. The third kappa shape index (κ3) is 5.18. The molecule has 1 fully saturated rings. The van der Waals surface area contributed by atoms with E-state index < -0.39 is 10.8 Å². The SMILES string of the molecule is CNC1CCC(NCc2cc(-c3ccc(S(C)=O)cc3)ccc2OC)CC1. The van der Waals surface area contributed by atoms with Crippen molar-refractivity contribution in [3.63, 3.8) is 0 Å². The summed E-state index contributed by atoms with van der Waals surface area (Å²) in [4.78, 5) is 0.853. The Labute approximate surface area is 165 Å². The quantitative estimate of drug-likeness (QED) is 0.761. The summed E-state index contributed by atoms with van der Waals surface area (Å²) in [7, 11) is 2.83. The van der Waals surface area contributed by atoms with Crippen molar-refractivity contribution in [1.82, 2.24) is 10.6 Å². The molecule has 0 radical (unpaired) electrons. The highest BCUT2D eigenvalue weighted by Gasteiger charge is 2.19. The molecule has 0 amide bonds. The van der Waals surface area contributed by atoms with Crippen molar-refractivity contribution in [3.8, 4) is 16.9 Å². The predicted octanol–water partition coefficient (Wildman–Crippen LogP) is 3.72. The molecule has 0 heterocycles. The molecule has 5 heteroatoms. The normalized spacial score (nSPS) is 21.0. The predicted molar refractivity (Wildman–Crippen MR) is 113 cm³/mol. The molecule has 146 valence electrons. The largest absolute Gasteiger partial charge is 0.496 e. The molecule has 3 rings (SSSR count). The van der Waals surface area contributed by atoms with Crippen LogP contribution in [0.3, 0.4) is 0 Å². The standard InChI is InChI=1S/C22H30N2O2S/c1-23-19-7-9-20(10-8-19)24-15-18-14-17(6-13-22(18)26-2)16-4-11-21(12-5-16)27(3)25/h4-6,11-14,19-20,23-24H,7-10,15H2,1-3H3. The molecule has 1 unspecified atom stereocenters. The number of hydrogen-bond acceptors (Lipinski definition) is 4. The van der Waals surface area contributed by atoms with Crippen molar-refractivity contribution in [3.05, 3.63) is 48.0 Å². The first-order chi connectivity index (χ1) is 13.1. The van der Waals surface area contributed by atoms with E-state index in [4.69, 9.17) is 4.74 Å². The van der Waals surface area contributed by atoms with Gasteiger partial charge in [0.15, 0.2) is 0 Å². The summed E-state index contributed by atoms with van der Waals surface area (Å²) in [6.07, 6.45) is 6.59. The van der Waals surface area contributed by atoms with Gasteiger partial charge in [0.1, 0.15) is 5.75 Å². The monoisotopic (exact) mass is 386 g/mol. The Bertz CT molecular complexity index is 768. The molecule has 1 aliphatic rings. The zero-order chi connectivity index (χ0) is 19.2. The van der Waals surface area contributed by atoms with Gasteiger partial charge in [-0.3, -0.25) is 4.21 Å². The number of ether oxygens (including phenoxy) is 1. The van der Waals surface area contributed by atoms with Gasteiger partial charge in [0.05, 0.1) is 7.11 Å². The summed E-state index contributed by atoms with van der Waals surface area (Å²) >= 11 is 0. The molecular weight excluding hydrogens is 356 g/mol. The molecule has 1 atom stereocenters. The van der Waals surface area contributed by atoms with E-state index in [0.717, 1.165) is 28.3 Å². The summed E-state index contributed by atoms with van der Waals surface area (Å²) < 4.78 is 17.2. The molecule has 1 saturated carbocycles. The molecule has 1 aliphatic carbocycles. The summed E-state index contributed by atoms with van der Waals surface area (Å²) in [5, 5.41) is 7.10. The molecule has 0 saturated heterocycles. The van der Waals surface area contributed by atoms with Crippen molar-refractivity contribution in [2.45, 2.75) is 49.2 Å². The smallest absolute Gasteiger partial charge is 0.123 e. The van der Waals surface area contributed by atoms with Gasteiger partial charge in [-0.15, -0.1) is 0 Å². The van der Waals surface area contributed by atoms with E-state index in [1.54, 1.807) is 13.4 Å². The molecule has 0 spiro atoms. The van der Waals surface area contributed by atoms with Crippen LogP contribution in [-0.4, -0.2) is 36.7 Å². The highest BCUT2D eigenvalue weighted by atomic mass is 32.2. The van der Waals surface area contributed by atoms with Crippen LogP contribution in [0, 0.1) is 0 Å². The minimum absolute atomic E-state index is 0.571. The first kappa shape index (κ1) is 20.1. The minimum atomic E-state index is -0.947. The lowest BCUT2D eigenvalue weighted by atomic mass is 9.91. The molecule has 2 aromatic rings. The molecule has 4 nitrogen and oxygen atoms in total. The van der Waals surface area contributed by atoms with Gasteiger partial charge in [-0.05, 0) is 68.1 Å². The zero-order valence-corrected chi connectivity index (χ0v) is 17.3. The van der Waals surface area contributed by atoms with Crippen LogP contribution >= 0.6 is 0 Å². The van der Waals surface area contributed by atoms with E-state index >= 15 is 0 Å². The second-order valence-corrected chi connectivity index (χ2v) is 8.60. The number of nitrogens with one attached hydrogen (secondary N) is 2. The van der Waals surface area contributed by atoms with Crippen LogP contribution in [-0.2, 0) is 17.3 Å². The maximum atomic E-state index is 11.6. The van der Waals surface area contributed by atoms with Crippen LogP contribution < -0.4 is 15.4 Å². The van der Waals surface area contributed by atoms with E-state index in [-0.39, 0.29) is 0 Å². The summed E-state index contributed by atoms with van der Waals surface area (Å²) in [6.45, 7) is 0.808. The molecular formula is C22H30N2O2S. The number of hydrogen-bond donors (Lipinski definition) is 2. The van der Waals surface area contributed by atoms with Crippen LogP contribution in [0.25, 0.3) is 11.1 Å². The molecule has 0 aromatic heterocycles. The van der Waals surface area contributed by atoms with Crippen molar-refractivity contribution in [2.24, 2.45) is 0 Å². The Morgan fingerprint density at radius 1 is 1.00 bits per heavy atom. The van der Waals surface area contributed by atoms with E-state index in [1.807, 2.05) is 30.3 Å². The van der Waals surface area contributed by atoms with E-state index in [0.29, 0.717) is 12.1 Å². The van der Waals surface area contributed by atoms with Crippen molar-refractivity contribution >= 4 is 10.8 Å². The zero-order valence-electron chi connectivity index (χ0n) is 16.5. The summed E-state index contributed by atoms with van der Waals surface area (Å²) in [6, 6.07) is 15.5. The van der Waals surface area contributed by atoms with Gasteiger partial charge in [-0.25, -0.2) is 0 Å². The average molecular weight is 387 g/mol. The Balaban J connectivity index is 1.71. The molecule has 27 heavy (non-hydrogen) atoms. The topological polar surface area (TPSA) is 50.4 Å². The van der Waals surface area contributed by atoms with Crippen LogP contribution in [0.15, 0.2) is 47.4 Å². The van der Waals surface area contributed by atoms with Gasteiger partial charge in [-0.2, -0.15) is 0 Å². The summed E-state index contributed by atoms with van der Waals surface area (Å²) in [5.41, 5.74) is 3.46. The van der Waals surface area contributed by atoms with E-state index in [9.17, 15) is 4.21 Å². The second kappa shape index (κ2) is 9.49. The van der Waals surface area contributed by atoms with Crippen LogP contribution in [0.1, 0.15) is 31.2 Å². The van der Waals surface area contributed by atoms with Gasteiger partial charge in [-0.1, -0.05) is 18.2 Å². The van der Waals surface area contributed by atoms with E-state index in [1.165, 1.54) is 31.2 Å². The Morgan fingerprint density at radius 2 is 1.63 bits per heavy atom. The third-order valence-corrected chi connectivity index (χ3v) is 6.45. The first-order valence-corrected chi connectivity index (χ1v) is 11.2. The molecule has 0 bridgehead atoms. The Kier molecular flexibility index (Phi) is 7.05. The molecule has 0 aliphatic heterocycles. The second-order valence-electron chi connectivity index (χ2n) is 7.22. The van der Waals surface area contributed by atoms with E-state index in [2.05, 4.69) is 29.8 Å². The maximum Gasteiger partial charge on any atom is 0.123 e. The van der Waals surface area contributed by atoms with Crippen molar-refractivity contribution in [1.29, 1.82) is 0 Å². The van der Waals surface area contributed by atoms with Crippen molar-refractivity contribution in [2.75, 3.05) is 20.4 Å². The van der Waals surface area contributed by atoms with Gasteiger partial charge < -0.3 is 15.4 Å². The minimum Gasteiger partial charge on any atom is -0.496 e. The highest BCUT2D eigenvalue weighted by molar-refractivity contribution is 7.84. The first-order valence-electron chi connectivity index (χ1n) is 9.62. The Hall–Kier alpha value is -1.69. The fourth-order valence-corrected chi connectivity index (χ4v) is 4.30. The number of methoxy groups -OCH3 is 1. The lowest BCUT2D eigenvalue weighted by molar-refractivity contribution is 0.315. The number of benzene rings is 2. The fourth-order valence-electron chi connectivity index (χ4n) is 3.78. The maximum absolute atomic E-state index is 11.6. The summed E-state index contributed by atoms with van der Waals surface area (Å²) in [5.74, 6) is 0.918. The highest BCUT2D eigenvalue weighted by Crippen LogP contribution is 2.28. The lowest BCUT2D eigenvalue weighted by Crippen LogP contribution is -2.38. The van der Waals surface area contributed by atoms with Gasteiger partial charge in [0.25, 0.3) is 0 Å². The average Bonchev–Trinajstić information content (AvgIpc) is 2.72. The lowest BCUT2D eigenvalue weighted by Gasteiger charge is -2.29. The van der Waals surface area contributed by atoms with Gasteiger partial charge >= 0.3 is 0 Å². The fraction of sp³-hybridized carbons (Fsp3) is 0.455. The van der Waals surface area contributed by atoms with Gasteiger partial charge in [0.2, 0.25) is 0 Å². The van der Waals surface area contributed by atoms with Crippen LogP contribution in [0.5, 0.6) is 5.75 Å². The van der Waals surface area contributed by atoms with Gasteiger partial charge in [0, 0.05) is 46.1 Å². The molecule has 2 N–H and O–H groups in total. The Morgan fingerprint density at radius 3 is 2.22 bits per heavy atom.